The van der Waals surface area contributed by atoms with Crippen LogP contribution in [0.25, 0.3) is 0 Å². The van der Waals surface area contributed by atoms with Gasteiger partial charge in [0.15, 0.2) is 5.82 Å². The van der Waals surface area contributed by atoms with Gasteiger partial charge in [0.05, 0.1) is 19.2 Å². The average molecular weight is 169 g/mol. The predicted octanol–water partition coefficient (Wildman–Crippen LogP) is -0.907. The second kappa shape index (κ2) is 3.16. The van der Waals surface area contributed by atoms with Crippen molar-refractivity contribution in [2.45, 2.75) is 19.0 Å². The summed E-state index contributed by atoms with van der Waals surface area (Å²) in [6, 6.07) is 0.276. The van der Waals surface area contributed by atoms with Gasteiger partial charge in [-0.25, -0.2) is 4.68 Å². The first-order valence-electron chi connectivity index (χ1n) is 3.96. The number of ether oxygens (including phenoxy) is 1. The molecule has 1 unspecified atom stereocenters. The molecule has 6 heteroatoms. The quantitative estimate of drug-likeness (QED) is 0.620. The number of hydrogen-bond acceptors (Lipinski definition) is 5. The lowest BCUT2D eigenvalue weighted by Crippen LogP contribution is -2.16. The van der Waals surface area contributed by atoms with Crippen LogP contribution in [0, 0.1) is 0 Å². The Bertz CT molecular complexity index is 254. The van der Waals surface area contributed by atoms with E-state index < -0.39 is 0 Å². The van der Waals surface area contributed by atoms with Crippen molar-refractivity contribution in [3.05, 3.63) is 5.82 Å². The first-order chi connectivity index (χ1) is 5.92. The molecule has 2 rings (SSSR count). The molecule has 0 radical (unpaired) electrons. The van der Waals surface area contributed by atoms with Crippen molar-refractivity contribution in [3.63, 3.8) is 0 Å². The fourth-order valence-corrected chi connectivity index (χ4v) is 1.35. The molecular weight excluding hydrogens is 158 g/mol. The first kappa shape index (κ1) is 7.63. The highest BCUT2D eigenvalue weighted by atomic mass is 16.5. The molecule has 1 saturated heterocycles. The zero-order valence-corrected chi connectivity index (χ0v) is 6.68. The maximum Gasteiger partial charge on any atom is 0.165 e. The SMILES string of the molecule is NCc1nnnn1C1CCOC1. The molecule has 2 N–H and O–H groups in total. The van der Waals surface area contributed by atoms with Gasteiger partial charge in [-0.15, -0.1) is 5.10 Å². The van der Waals surface area contributed by atoms with Gasteiger partial charge in [0, 0.05) is 6.61 Å². The second-order valence-electron chi connectivity index (χ2n) is 2.76. The van der Waals surface area contributed by atoms with Crippen LogP contribution in [-0.2, 0) is 11.3 Å². The molecule has 1 aliphatic rings. The number of aromatic nitrogens is 4. The molecule has 66 valence electrons. The highest BCUT2D eigenvalue weighted by molar-refractivity contribution is 4.84. The van der Waals surface area contributed by atoms with E-state index in [1.54, 1.807) is 4.68 Å². The molecule has 2 heterocycles. The first-order valence-corrected chi connectivity index (χ1v) is 3.96. The van der Waals surface area contributed by atoms with E-state index in [-0.39, 0.29) is 6.04 Å². The lowest BCUT2D eigenvalue weighted by Gasteiger charge is -2.07. The summed E-state index contributed by atoms with van der Waals surface area (Å²) in [5.74, 6) is 0.727. The van der Waals surface area contributed by atoms with Crippen LogP contribution in [0.5, 0.6) is 0 Å². The molecule has 0 bridgehead atoms. The van der Waals surface area contributed by atoms with Gasteiger partial charge in [0.2, 0.25) is 0 Å². The fourth-order valence-electron chi connectivity index (χ4n) is 1.35. The Balaban J connectivity index is 2.19. The van der Waals surface area contributed by atoms with Crippen molar-refractivity contribution in [1.29, 1.82) is 0 Å². The Morgan fingerprint density at radius 2 is 2.58 bits per heavy atom. The molecule has 0 amide bonds. The topological polar surface area (TPSA) is 78.9 Å². The summed E-state index contributed by atoms with van der Waals surface area (Å²) < 4.78 is 6.98. The standard InChI is InChI=1S/C6H11N5O/c7-3-6-8-9-10-11(6)5-1-2-12-4-5/h5H,1-4,7H2. The third-order valence-electron chi connectivity index (χ3n) is 2.00. The van der Waals surface area contributed by atoms with Crippen molar-refractivity contribution in [3.8, 4) is 0 Å². The number of tetrazole rings is 1. The molecule has 0 aromatic carbocycles. The van der Waals surface area contributed by atoms with Crippen LogP contribution < -0.4 is 5.73 Å². The summed E-state index contributed by atoms with van der Waals surface area (Å²) in [6.45, 7) is 1.86. The van der Waals surface area contributed by atoms with E-state index >= 15 is 0 Å². The lowest BCUT2D eigenvalue weighted by molar-refractivity contribution is 0.183. The van der Waals surface area contributed by atoms with E-state index in [0.29, 0.717) is 13.2 Å². The number of nitrogens with two attached hydrogens (primary N) is 1. The van der Waals surface area contributed by atoms with E-state index in [9.17, 15) is 0 Å². The van der Waals surface area contributed by atoms with Crippen LogP contribution >= 0.6 is 0 Å². The van der Waals surface area contributed by atoms with Crippen molar-refractivity contribution in [2.75, 3.05) is 13.2 Å². The van der Waals surface area contributed by atoms with E-state index in [2.05, 4.69) is 15.5 Å². The highest BCUT2D eigenvalue weighted by Gasteiger charge is 2.21. The maximum absolute atomic E-state index is 5.46. The van der Waals surface area contributed by atoms with Crippen molar-refractivity contribution in [1.82, 2.24) is 20.2 Å². The Labute approximate surface area is 69.7 Å². The Morgan fingerprint density at radius 3 is 3.25 bits per heavy atom. The fraction of sp³-hybridized carbons (Fsp3) is 0.833. The van der Waals surface area contributed by atoms with Gasteiger partial charge in [0.1, 0.15) is 0 Å². The molecule has 0 saturated carbocycles. The average Bonchev–Trinajstić information content (AvgIpc) is 2.74. The van der Waals surface area contributed by atoms with E-state index in [1.807, 2.05) is 0 Å². The normalized spacial score (nSPS) is 23.2. The van der Waals surface area contributed by atoms with Gasteiger partial charge in [0.25, 0.3) is 0 Å². The van der Waals surface area contributed by atoms with Gasteiger partial charge >= 0.3 is 0 Å². The molecule has 1 fully saturated rings. The molecule has 1 aromatic heterocycles. The third-order valence-corrected chi connectivity index (χ3v) is 2.00. The lowest BCUT2D eigenvalue weighted by atomic mass is 10.3. The van der Waals surface area contributed by atoms with Gasteiger partial charge < -0.3 is 10.5 Å². The van der Waals surface area contributed by atoms with Crippen LogP contribution in [0.4, 0.5) is 0 Å². The molecule has 0 aliphatic carbocycles. The smallest absolute Gasteiger partial charge is 0.165 e. The van der Waals surface area contributed by atoms with Gasteiger partial charge in [-0.1, -0.05) is 0 Å². The van der Waals surface area contributed by atoms with Crippen LogP contribution in [0.2, 0.25) is 0 Å². The molecular formula is C6H11N5O. The molecule has 6 nitrogen and oxygen atoms in total. The number of nitrogens with zero attached hydrogens (tertiary/aromatic N) is 4. The van der Waals surface area contributed by atoms with Gasteiger partial charge in [-0.2, -0.15) is 0 Å². The molecule has 0 spiro atoms. The number of rotatable bonds is 2. The van der Waals surface area contributed by atoms with E-state index in [0.717, 1.165) is 18.9 Å². The zero-order valence-electron chi connectivity index (χ0n) is 6.68. The van der Waals surface area contributed by atoms with E-state index in [4.69, 9.17) is 10.5 Å². The van der Waals surface area contributed by atoms with Gasteiger partial charge in [-0.05, 0) is 16.8 Å². The van der Waals surface area contributed by atoms with Crippen LogP contribution in [0.1, 0.15) is 18.3 Å². The minimum atomic E-state index is 0.276. The van der Waals surface area contributed by atoms with Crippen molar-refractivity contribution >= 4 is 0 Å². The van der Waals surface area contributed by atoms with Crippen molar-refractivity contribution < 1.29 is 4.74 Å². The summed E-state index contributed by atoms with van der Waals surface area (Å²) in [6.07, 6.45) is 0.970. The second-order valence-corrected chi connectivity index (χ2v) is 2.76. The minimum Gasteiger partial charge on any atom is -0.379 e. The molecule has 1 aromatic rings. The number of hydrogen-bond donors (Lipinski definition) is 1. The van der Waals surface area contributed by atoms with E-state index in [1.165, 1.54) is 0 Å². The highest BCUT2D eigenvalue weighted by Crippen LogP contribution is 2.17. The Kier molecular flexibility index (Phi) is 2.01. The monoisotopic (exact) mass is 169 g/mol. The molecule has 1 atom stereocenters. The van der Waals surface area contributed by atoms with Crippen molar-refractivity contribution in [2.24, 2.45) is 5.73 Å². The summed E-state index contributed by atoms with van der Waals surface area (Å²) in [5, 5.41) is 11.2. The largest absolute Gasteiger partial charge is 0.379 e. The summed E-state index contributed by atoms with van der Waals surface area (Å²) in [7, 11) is 0. The summed E-state index contributed by atoms with van der Waals surface area (Å²) in [5.41, 5.74) is 5.46. The summed E-state index contributed by atoms with van der Waals surface area (Å²) >= 11 is 0. The minimum absolute atomic E-state index is 0.276. The third kappa shape index (κ3) is 1.19. The Morgan fingerprint density at radius 1 is 1.67 bits per heavy atom. The Hall–Kier alpha value is -1.01. The van der Waals surface area contributed by atoms with Crippen LogP contribution in [-0.4, -0.2) is 33.4 Å². The summed E-state index contributed by atoms with van der Waals surface area (Å²) in [4.78, 5) is 0. The maximum atomic E-state index is 5.46. The molecule has 1 aliphatic heterocycles. The molecule has 12 heavy (non-hydrogen) atoms. The van der Waals surface area contributed by atoms with Crippen LogP contribution in [0.3, 0.4) is 0 Å². The predicted molar refractivity (Wildman–Crippen MR) is 40.2 cm³/mol. The van der Waals surface area contributed by atoms with Gasteiger partial charge in [-0.3, -0.25) is 0 Å². The zero-order chi connectivity index (χ0) is 8.39. The van der Waals surface area contributed by atoms with Crippen LogP contribution in [0.15, 0.2) is 0 Å².